The first kappa shape index (κ1) is 12.6. The van der Waals surface area contributed by atoms with Crippen molar-refractivity contribution in [3.05, 3.63) is 18.0 Å². The van der Waals surface area contributed by atoms with Crippen LogP contribution in [0.5, 0.6) is 0 Å². The quantitative estimate of drug-likeness (QED) is 0.781. The first-order valence-corrected chi connectivity index (χ1v) is 6.62. The van der Waals surface area contributed by atoms with Gasteiger partial charge in [-0.05, 0) is 57.9 Å². The van der Waals surface area contributed by atoms with Gasteiger partial charge in [-0.3, -0.25) is 4.68 Å². The average Bonchev–Trinajstić information content (AvgIpc) is 2.73. The summed E-state index contributed by atoms with van der Waals surface area (Å²) in [6, 6.07) is 2.07. The highest BCUT2D eigenvalue weighted by molar-refractivity contribution is 4.98. The van der Waals surface area contributed by atoms with E-state index in [9.17, 15) is 0 Å². The fourth-order valence-corrected chi connectivity index (χ4v) is 2.45. The molecule has 0 unspecified atom stereocenters. The molecule has 0 aromatic carbocycles. The van der Waals surface area contributed by atoms with Crippen LogP contribution in [-0.4, -0.2) is 41.4 Å². The van der Waals surface area contributed by atoms with E-state index in [4.69, 9.17) is 0 Å². The third kappa shape index (κ3) is 3.82. The molecule has 0 saturated carbocycles. The molecule has 1 aromatic heterocycles. The zero-order valence-electron chi connectivity index (χ0n) is 11.0. The van der Waals surface area contributed by atoms with Gasteiger partial charge in [-0.15, -0.1) is 0 Å². The van der Waals surface area contributed by atoms with E-state index in [1.54, 1.807) is 0 Å². The van der Waals surface area contributed by atoms with Crippen molar-refractivity contribution in [3.63, 3.8) is 0 Å². The van der Waals surface area contributed by atoms with Gasteiger partial charge in [0.2, 0.25) is 0 Å². The van der Waals surface area contributed by atoms with Crippen LogP contribution in [0.25, 0.3) is 0 Å². The number of rotatable bonds is 5. The van der Waals surface area contributed by atoms with Gasteiger partial charge < -0.3 is 10.2 Å². The standard InChI is InChI=1S/C13H24N4/c1-16-9-5-12(6-10-16)3-7-14-11-13-4-8-15-17(13)2/h4,8,12,14H,3,5-7,9-11H2,1-2H3. The second-order valence-electron chi connectivity index (χ2n) is 5.16. The molecule has 0 spiro atoms. The van der Waals surface area contributed by atoms with Crippen LogP contribution in [0.3, 0.4) is 0 Å². The Bertz CT molecular complexity index is 326. The largest absolute Gasteiger partial charge is 0.311 e. The Labute approximate surface area is 104 Å². The number of hydrogen-bond donors (Lipinski definition) is 1. The predicted octanol–water partition coefficient (Wildman–Crippen LogP) is 1.24. The summed E-state index contributed by atoms with van der Waals surface area (Å²) in [6.45, 7) is 4.60. The molecule has 1 aliphatic heterocycles. The number of nitrogens with one attached hydrogen (secondary N) is 1. The van der Waals surface area contributed by atoms with E-state index in [1.165, 1.54) is 38.0 Å². The fourth-order valence-electron chi connectivity index (χ4n) is 2.45. The second-order valence-corrected chi connectivity index (χ2v) is 5.16. The van der Waals surface area contributed by atoms with Gasteiger partial charge in [0.25, 0.3) is 0 Å². The van der Waals surface area contributed by atoms with Crippen molar-refractivity contribution >= 4 is 0 Å². The highest BCUT2D eigenvalue weighted by Gasteiger charge is 2.15. The van der Waals surface area contributed by atoms with Gasteiger partial charge in [0, 0.05) is 19.8 Å². The normalized spacial score (nSPS) is 18.7. The van der Waals surface area contributed by atoms with E-state index in [0.29, 0.717) is 0 Å². The van der Waals surface area contributed by atoms with Crippen molar-refractivity contribution < 1.29 is 0 Å². The summed E-state index contributed by atoms with van der Waals surface area (Å²) in [7, 11) is 4.21. The Balaban J connectivity index is 1.59. The van der Waals surface area contributed by atoms with Crippen molar-refractivity contribution in [2.75, 3.05) is 26.7 Å². The van der Waals surface area contributed by atoms with Gasteiger partial charge in [0.15, 0.2) is 0 Å². The van der Waals surface area contributed by atoms with Crippen molar-refractivity contribution in [2.45, 2.75) is 25.8 Å². The minimum absolute atomic E-state index is 0.922. The Morgan fingerprint density at radius 2 is 2.12 bits per heavy atom. The van der Waals surface area contributed by atoms with Crippen molar-refractivity contribution in [3.8, 4) is 0 Å². The van der Waals surface area contributed by atoms with Crippen molar-refractivity contribution in [2.24, 2.45) is 13.0 Å². The molecule has 1 N–H and O–H groups in total. The summed E-state index contributed by atoms with van der Waals surface area (Å²) < 4.78 is 1.93. The Morgan fingerprint density at radius 3 is 2.76 bits per heavy atom. The van der Waals surface area contributed by atoms with Crippen LogP contribution >= 0.6 is 0 Å². The molecule has 4 heteroatoms. The molecule has 1 fully saturated rings. The molecule has 4 nitrogen and oxygen atoms in total. The van der Waals surface area contributed by atoms with Crippen LogP contribution in [0.1, 0.15) is 25.0 Å². The maximum absolute atomic E-state index is 4.16. The summed E-state index contributed by atoms with van der Waals surface area (Å²) in [5.41, 5.74) is 1.26. The molecule has 17 heavy (non-hydrogen) atoms. The molecule has 2 heterocycles. The smallest absolute Gasteiger partial charge is 0.0518 e. The number of hydrogen-bond acceptors (Lipinski definition) is 3. The second kappa shape index (κ2) is 6.17. The molecule has 0 bridgehead atoms. The molecule has 0 atom stereocenters. The van der Waals surface area contributed by atoms with Crippen LogP contribution < -0.4 is 5.32 Å². The Kier molecular flexibility index (Phi) is 4.57. The maximum atomic E-state index is 4.16. The number of likely N-dealkylation sites (tertiary alicyclic amines) is 1. The van der Waals surface area contributed by atoms with Gasteiger partial charge in [0.05, 0.1) is 5.69 Å². The molecule has 1 aromatic rings. The summed E-state index contributed by atoms with van der Waals surface area (Å²) in [4.78, 5) is 2.43. The minimum Gasteiger partial charge on any atom is -0.311 e. The third-order valence-corrected chi connectivity index (χ3v) is 3.80. The lowest BCUT2D eigenvalue weighted by molar-refractivity contribution is 0.211. The predicted molar refractivity (Wildman–Crippen MR) is 69.8 cm³/mol. The van der Waals surface area contributed by atoms with E-state index in [1.807, 2.05) is 17.9 Å². The molecule has 1 saturated heterocycles. The zero-order valence-corrected chi connectivity index (χ0v) is 11.0. The van der Waals surface area contributed by atoms with E-state index in [-0.39, 0.29) is 0 Å². The summed E-state index contributed by atoms with van der Waals surface area (Å²) in [5, 5.41) is 7.68. The van der Waals surface area contributed by atoms with Gasteiger partial charge in [-0.25, -0.2) is 0 Å². The van der Waals surface area contributed by atoms with Gasteiger partial charge in [-0.2, -0.15) is 5.10 Å². The van der Waals surface area contributed by atoms with Crippen molar-refractivity contribution in [1.82, 2.24) is 20.0 Å². The van der Waals surface area contributed by atoms with Gasteiger partial charge in [0.1, 0.15) is 0 Å². The third-order valence-electron chi connectivity index (χ3n) is 3.80. The topological polar surface area (TPSA) is 33.1 Å². The highest BCUT2D eigenvalue weighted by Crippen LogP contribution is 2.18. The number of aryl methyl sites for hydroxylation is 1. The number of piperidine rings is 1. The average molecular weight is 236 g/mol. The van der Waals surface area contributed by atoms with Gasteiger partial charge >= 0.3 is 0 Å². The maximum Gasteiger partial charge on any atom is 0.0518 e. The molecule has 2 rings (SSSR count). The summed E-state index contributed by atoms with van der Waals surface area (Å²) in [5.74, 6) is 0.922. The highest BCUT2D eigenvalue weighted by atomic mass is 15.3. The minimum atomic E-state index is 0.922. The van der Waals surface area contributed by atoms with Crippen LogP contribution in [-0.2, 0) is 13.6 Å². The van der Waals surface area contributed by atoms with Crippen LogP contribution in [0.4, 0.5) is 0 Å². The molecular formula is C13H24N4. The molecule has 0 amide bonds. The van der Waals surface area contributed by atoms with Crippen LogP contribution in [0.15, 0.2) is 12.3 Å². The van der Waals surface area contributed by atoms with E-state index >= 15 is 0 Å². The lowest BCUT2D eigenvalue weighted by atomic mass is 9.94. The summed E-state index contributed by atoms with van der Waals surface area (Å²) >= 11 is 0. The first-order valence-electron chi connectivity index (χ1n) is 6.62. The molecule has 96 valence electrons. The summed E-state index contributed by atoms with van der Waals surface area (Å²) in [6.07, 6.45) is 5.90. The Morgan fingerprint density at radius 1 is 1.35 bits per heavy atom. The molecule has 1 aliphatic rings. The van der Waals surface area contributed by atoms with E-state index in [2.05, 4.69) is 28.4 Å². The zero-order chi connectivity index (χ0) is 12.1. The fraction of sp³-hybridized carbons (Fsp3) is 0.769. The van der Waals surface area contributed by atoms with Crippen LogP contribution in [0.2, 0.25) is 0 Å². The number of aromatic nitrogens is 2. The lowest BCUT2D eigenvalue weighted by Gasteiger charge is -2.28. The first-order chi connectivity index (χ1) is 8.25. The van der Waals surface area contributed by atoms with Crippen LogP contribution in [0, 0.1) is 5.92 Å². The number of nitrogens with zero attached hydrogens (tertiary/aromatic N) is 3. The Hall–Kier alpha value is -0.870. The van der Waals surface area contributed by atoms with E-state index < -0.39 is 0 Å². The van der Waals surface area contributed by atoms with E-state index in [0.717, 1.165) is 19.0 Å². The lowest BCUT2D eigenvalue weighted by Crippen LogP contribution is -2.31. The monoisotopic (exact) mass is 236 g/mol. The molecule has 0 radical (unpaired) electrons. The van der Waals surface area contributed by atoms with Gasteiger partial charge in [-0.1, -0.05) is 0 Å². The van der Waals surface area contributed by atoms with Crippen molar-refractivity contribution in [1.29, 1.82) is 0 Å². The molecular weight excluding hydrogens is 212 g/mol. The molecule has 0 aliphatic carbocycles. The SMILES string of the molecule is CN1CCC(CCNCc2ccnn2C)CC1.